The number of amides is 3. The van der Waals surface area contributed by atoms with Gasteiger partial charge in [-0.3, -0.25) is 19.7 Å². The van der Waals surface area contributed by atoms with Crippen LogP contribution in [0.2, 0.25) is 0 Å². The highest BCUT2D eigenvalue weighted by molar-refractivity contribution is 6.05. The van der Waals surface area contributed by atoms with E-state index in [1.54, 1.807) is 4.90 Å². The van der Waals surface area contributed by atoms with Crippen molar-refractivity contribution in [3.63, 3.8) is 0 Å². The van der Waals surface area contributed by atoms with Crippen LogP contribution in [0.4, 0.5) is 0 Å². The predicted octanol–water partition coefficient (Wildman–Crippen LogP) is -1.13. The topological polar surface area (TPSA) is 111 Å². The molecule has 3 atom stereocenters. The highest BCUT2D eigenvalue weighted by Gasteiger charge is 2.39. The molecule has 0 aromatic heterocycles. The molecule has 2 fully saturated rings. The van der Waals surface area contributed by atoms with Gasteiger partial charge in [-0.25, -0.2) is 0 Å². The molecule has 8 heteroatoms. The number of aliphatic hydroxyl groups excluding tert-OH is 1. The number of carbonyl (C=O) groups excluding carboxylic acids is 3. The molecule has 26 heavy (non-hydrogen) atoms. The number of piperidine rings is 1. The zero-order valence-corrected chi connectivity index (χ0v) is 14.3. The number of benzene rings is 1. The van der Waals surface area contributed by atoms with E-state index in [2.05, 4.69) is 16.0 Å². The van der Waals surface area contributed by atoms with Crippen LogP contribution >= 0.6 is 0 Å². The summed E-state index contributed by atoms with van der Waals surface area (Å²) in [6.07, 6.45) is 0.212. The number of carbonyl (C=O) groups is 3. The quantitative estimate of drug-likeness (QED) is 0.507. The normalized spacial score (nSPS) is 28.4. The largest absolute Gasteiger partial charge is 0.390 e. The predicted molar refractivity (Wildman–Crippen MR) is 92.0 cm³/mol. The molecule has 138 valence electrons. The fourth-order valence-corrected chi connectivity index (χ4v) is 3.83. The summed E-state index contributed by atoms with van der Waals surface area (Å²) in [6.45, 7) is 2.25. The Morgan fingerprint density at radius 1 is 1.23 bits per heavy atom. The maximum Gasteiger partial charge on any atom is 0.255 e. The molecule has 1 aromatic carbocycles. The molecule has 3 amide bonds. The molecule has 0 aliphatic carbocycles. The lowest BCUT2D eigenvalue weighted by Crippen LogP contribution is -2.52. The molecule has 0 radical (unpaired) electrons. The molecule has 1 unspecified atom stereocenters. The lowest BCUT2D eigenvalue weighted by Gasteiger charge is -2.29. The van der Waals surface area contributed by atoms with E-state index in [4.69, 9.17) is 0 Å². The van der Waals surface area contributed by atoms with Crippen LogP contribution in [0, 0.1) is 0 Å². The highest BCUT2D eigenvalue weighted by Crippen LogP contribution is 2.28. The Balaban J connectivity index is 1.45. The van der Waals surface area contributed by atoms with Crippen LogP contribution in [0.1, 0.15) is 34.3 Å². The third-order valence-electron chi connectivity index (χ3n) is 5.34. The number of nitrogens with one attached hydrogen (secondary N) is 3. The van der Waals surface area contributed by atoms with Gasteiger partial charge in [-0.05, 0) is 23.6 Å². The minimum atomic E-state index is -0.589. The molecule has 3 aliphatic heterocycles. The van der Waals surface area contributed by atoms with E-state index in [1.165, 1.54) is 0 Å². The second kappa shape index (κ2) is 6.79. The monoisotopic (exact) mass is 358 g/mol. The highest BCUT2D eigenvalue weighted by atomic mass is 16.3. The van der Waals surface area contributed by atoms with E-state index in [9.17, 15) is 19.5 Å². The Bertz CT molecular complexity index is 766. The lowest BCUT2D eigenvalue weighted by atomic mass is 10.0. The summed E-state index contributed by atoms with van der Waals surface area (Å²) in [5.74, 6) is -0.849. The second-order valence-electron chi connectivity index (χ2n) is 7.10. The van der Waals surface area contributed by atoms with E-state index in [-0.39, 0.29) is 24.3 Å². The fourth-order valence-electron chi connectivity index (χ4n) is 3.83. The fraction of sp³-hybridized carbons (Fsp3) is 0.500. The molecule has 2 saturated heterocycles. The Morgan fingerprint density at radius 3 is 2.81 bits per heavy atom. The van der Waals surface area contributed by atoms with Crippen LogP contribution in [-0.2, 0) is 22.7 Å². The zero-order valence-electron chi connectivity index (χ0n) is 14.3. The van der Waals surface area contributed by atoms with E-state index in [0.29, 0.717) is 38.2 Å². The minimum Gasteiger partial charge on any atom is -0.390 e. The standard InChI is InChI=1S/C18H22N4O4/c23-15-8-19-7-13(15)20-6-10-1-2-11-9-22(18(26)12(11)5-10)14-3-4-16(24)21-17(14)25/h1-2,5,13-15,19-20,23H,3-4,6-9H2,(H,21,24,25)/t13-,14?,15-/m0/s1. The second-order valence-corrected chi connectivity index (χ2v) is 7.10. The van der Waals surface area contributed by atoms with Gasteiger partial charge < -0.3 is 20.6 Å². The third kappa shape index (κ3) is 3.11. The van der Waals surface area contributed by atoms with Crippen LogP contribution in [0.5, 0.6) is 0 Å². The van der Waals surface area contributed by atoms with Gasteiger partial charge in [0, 0.05) is 44.2 Å². The molecule has 8 nitrogen and oxygen atoms in total. The molecule has 1 aromatic rings. The minimum absolute atomic E-state index is 0.000994. The average molecular weight is 358 g/mol. The van der Waals surface area contributed by atoms with Crippen LogP contribution in [0.25, 0.3) is 0 Å². The SMILES string of the molecule is O=C1CCC(N2Cc3ccc(CN[C@H]4CNC[C@@H]4O)cc3C2=O)C(=O)N1. The number of aliphatic hydroxyl groups is 1. The third-order valence-corrected chi connectivity index (χ3v) is 5.34. The van der Waals surface area contributed by atoms with Crippen molar-refractivity contribution in [2.75, 3.05) is 13.1 Å². The summed E-state index contributed by atoms with van der Waals surface area (Å²) in [5, 5.41) is 18.6. The number of hydrogen-bond donors (Lipinski definition) is 4. The van der Waals surface area contributed by atoms with Gasteiger partial charge >= 0.3 is 0 Å². The zero-order chi connectivity index (χ0) is 18.3. The lowest BCUT2D eigenvalue weighted by molar-refractivity contribution is -0.136. The van der Waals surface area contributed by atoms with Crippen LogP contribution in [-0.4, -0.2) is 59.0 Å². The van der Waals surface area contributed by atoms with Gasteiger partial charge in [-0.1, -0.05) is 12.1 Å². The van der Waals surface area contributed by atoms with Gasteiger partial charge in [0.2, 0.25) is 11.8 Å². The number of nitrogens with zero attached hydrogens (tertiary/aromatic N) is 1. The van der Waals surface area contributed by atoms with E-state index < -0.39 is 18.1 Å². The number of imide groups is 1. The van der Waals surface area contributed by atoms with Gasteiger partial charge in [0.05, 0.1) is 6.10 Å². The maximum absolute atomic E-state index is 12.8. The van der Waals surface area contributed by atoms with Gasteiger partial charge in [0.15, 0.2) is 0 Å². The molecular formula is C18H22N4O4. The summed E-state index contributed by atoms with van der Waals surface area (Å²) < 4.78 is 0. The number of fused-ring (bicyclic) bond motifs is 1. The van der Waals surface area contributed by atoms with Crippen molar-refractivity contribution < 1.29 is 19.5 Å². The Hall–Kier alpha value is -2.29. The van der Waals surface area contributed by atoms with Crippen LogP contribution < -0.4 is 16.0 Å². The number of rotatable bonds is 4. The van der Waals surface area contributed by atoms with Crippen molar-refractivity contribution in [2.45, 2.75) is 44.1 Å². The van der Waals surface area contributed by atoms with E-state index in [1.807, 2.05) is 18.2 Å². The number of hydrogen-bond acceptors (Lipinski definition) is 6. The van der Waals surface area contributed by atoms with Crippen molar-refractivity contribution in [2.24, 2.45) is 0 Å². The molecule has 3 aliphatic rings. The van der Waals surface area contributed by atoms with Gasteiger partial charge in [-0.15, -0.1) is 0 Å². The van der Waals surface area contributed by atoms with Crippen LogP contribution in [0.15, 0.2) is 18.2 Å². The summed E-state index contributed by atoms with van der Waals surface area (Å²) in [5.41, 5.74) is 2.46. The molecule has 4 rings (SSSR count). The maximum atomic E-state index is 12.8. The summed E-state index contributed by atoms with van der Waals surface area (Å²) in [4.78, 5) is 37.7. The summed E-state index contributed by atoms with van der Waals surface area (Å²) in [6, 6.07) is 5.14. The first-order chi connectivity index (χ1) is 12.5. The molecule has 0 saturated carbocycles. The Kier molecular flexibility index (Phi) is 4.47. The summed E-state index contributed by atoms with van der Waals surface area (Å²) in [7, 11) is 0. The van der Waals surface area contributed by atoms with Crippen molar-refractivity contribution in [1.82, 2.24) is 20.9 Å². The van der Waals surface area contributed by atoms with Crippen molar-refractivity contribution in [1.29, 1.82) is 0 Å². The Morgan fingerprint density at radius 2 is 2.08 bits per heavy atom. The Labute approximate surface area is 150 Å². The van der Waals surface area contributed by atoms with Gasteiger partial charge in [-0.2, -0.15) is 0 Å². The smallest absolute Gasteiger partial charge is 0.255 e. The summed E-state index contributed by atoms with van der Waals surface area (Å²) >= 11 is 0. The average Bonchev–Trinajstić information content (AvgIpc) is 3.17. The number of β-amino-alcohol motifs (C(OH)–C–C–N with tert-alkyl or cyclic N) is 1. The van der Waals surface area contributed by atoms with Crippen LogP contribution in [0.3, 0.4) is 0 Å². The van der Waals surface area contributed by atoms with Crippen molar-refractivity contribution in [3.8, 4) is 0 Å². The first-order valence-corrected chi connectivity index (χ1v) is 8.91. The van der Waals surface area contributed by atoms with Gasteiger partial charge in [0.25, 0.3) is 5.91 Å². The van der Waals surface area contributed by atoms with E-state index in [0.717, 1.165) is 11.1 Å². The molecule has 0 spiro atoms. The molecule has 4 N–H and O–H groups in total. The molecule has 0 bridgehead atoms. The van der Waals surface area contributed by atoms with E-state index >= 15 is 0 Å². The molecular weight excluding hydrogens is 336 g/mol. The van der Waals surface area contributed by atoms with Gasteiger partial charge in [0.1, 0.15) is 6.04 Å². The first kappa shape index (κ1) is 17.1. The first-order valence-electron chi connectivity index (χ1n) is 8.91. The molecule has 3 heterocycles. The van der Waals surface area contributed by atoms with Crippen molar-refractivity contribution >= 4 is 17.7 Å². The van der Waals surface area contributed by atoms with Crippen molar-refractivity contribution in [3.05, 3.63) is 34.9 Å².